The van der Waals surface area contributed by atoms with E-state index in [-0.39, 0.29) is 18.3 Å². The number of para-hydroxylation sites is 1. The Morgan fingerprint density at radius 3 is 2.78 bits per heavy atom. The summed E-state index contributed by atoms with van der Waals surface area (Å²) in [4.78, 5) is 12.6. The van der Waals surface area contributed by atoms with E-state index < -0.39 is 0 Å². The number of rotatable bonds is 10. The standard InChI is InChI=1S/C24H27ClN4O2S/c1-5-12-29-22(14-31-21-11-10-18(25)13-17(21)4)27-28-24(29)32-15-23(30)26-20-9-7-6-8-19(20)16(2)3/h5-11,13,16H,1,12,14-15H2,2-4H3,(H,26,30). The second kappa shape index (κ2) is 11.2. The third-order valence-electron chi connectivity index (χ3n) is 4.79. The van der Waals surface area contributed by atoms with Gasteiger partial charge >= 0.3 is 0 Å². The van der Waals surface area contributed by atoms with Crippen LogP contribution in [-0.4, -0.2) is 26.4 Å². The molecule has 3 aromatic rings. The average Bonchev–Trinajstić information content (AvgIpc) is 3.14. The van der Waals surface area contributed by atoms with E-state index in [0.29, 0.717) is 28.5 Å². The van der Waals surface area contributed by atoms with Crippen molar-refractivity contribution in [3.05, 3.63) is 77.1 Å². The van der Waals surface area contributed by atoms with Gasteiger partial charge in [-0.15, -0.1) is 16.8 Å². The Kier molecular flexibility index (Phi) is 8.36. The Bertz CT molecular complexity index is 1100. The number of hydrogen-bond acceptors (Lipinski definition) is 5. The number of aromatic nitrogens is 3. The predicted octanol–water partition coefficient (Wildman–Crippen LogP) is 5.86. The van der Waals surface area contributed by atoms with Crippen LogP contribution in [0.5, 0.6) is 5.75 Å². The molecule has 1 amide bonds. The molecule has 0 aliphatic carbocycles. The number of benzene rings is 2. The maximum Gasteiger partial charge on any atom is 0.234 e. The van der Waals surface area contributed by atoms with Gasteiger partial charge in [0.15, 0.2) is 11.0 Å². The number of nitrogens with zero attached hydrogens (tertiary/aromatic N) is 3. The normalized spacial score (nSPS) is 10.9. The second-order valence-corrected chi connectivity index (χ2v) is 8.95. The number of ether oxygens (including phenoxy) is 1. The lowest BCUT2D eigenvalue weighted by Crippen LogP contribution is -2.16. The minimum absolute atomic E-state index is 0.0918. The minimum atomic E-state index is -0.0918. The molecule has 0 fully saturated rings. The molecule has 8 heteroatoms. The smallest absolute Gasteiger partial charge is 0.234 e. The number of halogens is 1. The third kappa shape index (κ3) is 6.14. The maximum atomic E-state index is 12.6. The van der Waals surface area contributed by atoms with Gasteiger partial charge in [0.1, 0.15) is 12.4 Å². The van der Waals surface area contributed by atoms with Crippen LogP contribution in [0.2, 0.25) is 5.02 Å². The fourth-order valence-electron chi connectivity index (χ4n) is 3.19. The number of thioether (sulfide) groups is 1. The summed E-state index contributed by atoms with van der Waals surface area (Å²) >= 11 is 7.34. The fraction of sp³-hybridized carbons (Fsp3) is 0.292. The summed E-state index contributed by atoms with van der Waals surface area (Å²) in [6, 6.07) is 13.3. The zero-order valence-corrected chi connectivity index (χ0v) is 20.0. The highest BCUT2D eigenvalue weighted by atomic mass is 35.5. The lowest BCUT2D eigenvalue weighted by molar-refractivity contribution is -0.113. The van der Waals surface area contributed by atoms with E-state index in [0.717, 1.165) is 22.6 Å². The van der Waals surface area contributed by atoms with Crippen molar-refractivity contribution < 1.29 is 9.53 Å². The number of aryl methyl sites for hydroxylation is 1. The maximum absolute atomic E-state index is 12.6. The van der Waals surface area contributed by atoms with Gasteiger partial charge in [-0.2, -0.15) is 0 Å². The SMILES string of the molecule is C=CCn1c(COc2ccc(Cl)cc2C)nnc1SCC(=O)Nc1ccccc1C(C)C. The molecule has 0 atom stereocenters. The zero-order chi connectivity index (χ0) is 23.1. The van der Waals surface area contributed by atoms with E-state index in [2.05, 4.69) is 35.9 Å². The third-order valence-corrected chi connectivity index (χ3v) is 5.99. The summed E-state index contributed by atoms with van der Waals surface area (Å²) < 4.78 is 7.81. The van der Waals surface area contributed by atoms with Crippen LogP contribution in [0, 0.1) is 6.92 Å². The summed E-state index contributed by atoms with van der Waals surface area (Å²) in [7, 11) is 0. The quantitative estimate of drug-likeness (QED) is 0.297. The van der Waals surface area contributed by atoms with E-state index in [1.165, 1.54) is 11.8 Å². The molecular weight excluding hydrogens is 444 g/mol. The van der Waals surface area contributed by atoms with Crippen LogP contribution >= 0.6 is 23.4 Å². The first kappa shape index (κ1) is 23.9. The summed E-state index contributed by atoms with van der Waals surface area (Å²) in [6.45, 7) is 10.7. The molecule has 1 heterocycles. The highest BCUT2D eigenvalue weighted by Crippen LogP contribution is 2.25. The summed E-state index contributed by atoms with van der Waals surface area (Å²) in [5, 5.41) is 12.8. The van der Waals surface area contributed by atoms with Crippen LogP contribution in [0.15, 0.2) is 60.3 Å². The van der Waals surface area contributed by atoms with Crippen LogP contribution in [0.25, 0.3) is 0 Å². The molecule has 2 aromatic carbocycles. The lowest BCUT2D eigenvalue weighted by atomic mass is 10.0. The number of carbonyl (C=O) groups is 1. The van der Waals surface area contributed by atoms with Crippen LogP contribution in [-0.2, 0) is 17.9 Å². The molecule has 1 N–H and O–H groups in total. The Balaban J connectivity index is 1.65. The van der Waals surface area contributed by atoms with Crippen LogP contribution in [0.1, 0.15) is 36.7 Å². The van der Waals surface area contributed by atoms with E-state index in [4.69, 9.17) is 16.3 Å². The van der Waals surface area contributed by atoms with Gasteiger partial charge in [-0.1, -0.05) is 61.5 Å². The van der Waals surface area contributed by atoms with Crippen molar-refractivity contribution in [2.24, 2.45) is 0 Å². The van der Waals surface area contributed by atoms with Crippen LogP contribution in [0.4, 0.5) is 5.69 Å². The first-order valence-electron chi connectivity index (χ1n) is 10.3. The molecule has 3 rings (SSSR count). The van der Waals surface area contributed by atoms with Crippen molar-refractivity contribution in [2.75, 3.05) is 11.1 Å². The first-order valence-corrected chi connectivity index (χ1v) is 11.7. The molecule has 0 unspecified atom stereocenters. The number of carbonyl (C=O) groups excluding carboxylic acids is 1. The fourth-order valence-corrected chi connectivity index (χ4v) is 4.19. The Morgan fingerprint density at radius 1 is 1.28 bits per heavy atom. The molecule has 6 nitrogen and oxygen atoms in total. The summed E-state index contributed by atoms with van der Waals surface area (Å²) in [6.07, 6.45) is 1.77. The first-order chi connectivity index (χ1) is 15.4. The highest BCUT2D eigenvalue weighted by Gasteiger charge is 2.15. The van der Waals surface area contributed by atoms with Crippen molar-refractivity contribution in [1.82, 2.24) is 14.8 Å². The molecule has 0 spiro atoms. The largest absolute Gasteiger partial charge is 0.485 e. The topological polar surface area (TPSA) is 69.0 Å². The van der Waals surface area contributed by atoms with E-state index in [9.17, 15) is 4.79 Å². The van der Waals surface area contributed by atoms with Gasteiger partial charge in [0.05, 0.1) is 5.75 Å². The number of anilines is 1. The van der Waals surface area contributed by atoms with Crippen LogP contribution in [0.3, 0.4) is 0 Å². The van der Waals surface area contributed by atoms with Crippen molar-refractivity contribution in [3.63, 3.8) is 0 Å². The van der Waals surface area contributed by atoms with Gasteiger partial charge in [0.25, 0.3) is 0 Å². The number of amides is 1. The van der Waals surface area contributed by atoms with Gasteiger partial charge in [-0.05, 0) is 48.2 Å². The average molecular weight is 471 g/mol. The van der Waals surface area contributed by atoms with Crippen LogP contribution < -0.4 is 10.1 Å². The molecule has 0 aliphatic rings. The number of hydrogen-bond donors (Lipinski definition) is 1. The lowest BCUT2D eigenvalue weighted by Gasteiger charge is -2.13. The number of nitrogens with one attached hydrogen (secondary N) is 1. The van der Waals surface area contributed by atoms with Gasteiger partial charge < -0.3 is 10.1 Å². The molecule has 0 aliphatic heterocycles. The molecule has 0 saturated heterocycles. The second-order valence-electron chi connectivity index (χ2n) is 7.58. The number of allylic oxidation sites excluding steroid dienone is 1. The molecular formula is C24H27ClN4O2S. The van der Waals surface area contributed by atoms with Gasteiger partial charge in [0.2, 0.25) is 5.91 Å². The van der Waals surface area contributed by atoms with Crippen molar-refractivity contribution in [2.45, 2.75) is 45.0 Å². The molecule has 168 valence electrons. The van der Waals surface area contributed by atoms with Crippen molar-refractivity contribution >= 4 is 35.0 Å². The summed E-state index contributed by atoms with van der Waals surface area (Å²) in [5.41, 5.74) is 2.89. The monoisotopic (exact) mass is 470 g/mol. The molecule has 32 heavy (non-hydrogen) atoms. The Labute approximate surface area is 198 Å². The van der Waals surface area contributed by atoms with Crippen molar-refractivity contribution in [1.29, 1.82) is 0 Å². The van der Waals surface area contributed by atoms with E-state index in [1.807, 2.05) is 47.9 Å². The van der Waals surface area contributed by atoms with Gasteiger partial charge in [-0.25, -0.2) is 0 Å². The summed E-state index contributed by atoms with van der Waals surface area (Å²) in [5.74, 6) is 1.85. The van der Waals surface area contributed by atoms with E-state index in [1.54, 1.807) is 12.1 Å². The Hall–Kier alpha value is -2.77. The highest BCUT2D eigenvalue weighted by molar-refractivity contribution is 7.99. The molecule has 0 bridgehead atoms. The van der Waals surface area contributed by atoms with E-state index >= 15 is 0 Å². The molecule has 0 radical (unpaired) electrons. The molecule has 1 aromatic heterocycles. The Morgan fingerprint density at radius 2 is 2.06 bits per heavy atom. The van der Waals surface area contributed by atoms with Gasteiger partial charge in [0, 0.05) is 17.3 Å². The minimum Gasteiger partial charge on any atom is -0.485 e. The molecule has 0 saturated carbocycles. The zero-order valence-electron chi connectivity index (χ0n) is 18.5. The van der Waals surface area contributed by atoms with Crippen molar-refractivity contribution in [3.8, 4) is 5.75 Å². The van der Waals surface area contributed by atoms with Gasteiger partial charge in [-0.3, -0.25) is 9.36 Å². The predicted molar refractivity (Wildman–Crippen MR) is 131 cm³/mol.